The minimum Gasteiger partial charge on any atom is -0.490 e. The Labute approximate surface area is 179 Å². The molecule has 0 radical (unpaired) electrons. The number of nitrogens with zero attached hydrogens (tertiary/aromatic N) is 2. The van der Waals surface area contributed by atoms with Gasteiger partial charge in [0.25, 0.3) is 0 Å². The topological polar surface area (TPSA) is 81.9 Å². The summed E-state index contributed by atoms with van der Waals surface area (Å²) < 4.78 is 23.8. The SMILES string of the molecule is COc1cc(CCN(Cc2ccc(F)cc2)C(=O)OC(C)(C)C)c(Cl)cc1[N+](=O)[O-]. The molecule has 7 nitrogen and oxygen atoms in total. The molecule has 2 aromatic carbocycles. The van der Waals surface area contributed by atoms with Gasteiger partial charge in [-0.1, -0.05) is 23.7 Å². The van der Waals surface area contributed by atoms with Crippen LogP contribution in [0.5, 0.6) is 5.75 Å². The van der Waals surface area contributed by atoms with Crippen molar-refractivity contribution in [3.05, 3.63) is 68.5 Å². The number of carbonyl (C=O) groups is 1. The molecule has 0 saturated carbocycles. The highest BCUT2D eigenvalue weighted by Crippen LogP contribution is 2.33. The Morgan fingerprint density at radius 1 is 1.23 bits per heavy atom. The molecule has 0 N–H and O–H groups in total. The number of benzene rings is 2. The van der Waals surface area contributed by atoms with Gasteiger partial charge in [0.05, 0.1) is 17.1 Å². The molecule has 0 saturated heterocycles. The van der Waals surface area contributed by atoms with E-state index in [0.717, 1.165) is 5.56 Å². The summed E-state index contributed by atoms with van der Waals surface area (Å²) in [5.74, 6) is -0.283. The zero-order chi connectivity index (χ0) is 22.5. The largest absolute Gasteiger partial charge is 0.490 e. The van der Waals surface area contributed by atoms with Gasteiger partial charge in [0, 0.05) is 19.2 Å². The van der Waals surface area contributed by atoms with Gasteiger partial charge >= 0.3 is 11.8 Å². The molecule has 0 atom stereocenters. The Morgan fingerprint density at radius 3 is 2.40 bits per heavy atom. The molecule has 0 unspecified atom stereocenters. The molecular formula is C21H24ClFN2O5. The van der Waals surface area contributed by atoms with E-state index >= 15 is 0 Å². The van der Waals surface area contributed by atoms with E-state index in [4.69, 9.17) is 21.1 Å². The summed E-state index contributed by atoms with van der Waals surface area (Å²) in [6.45, 7) is 5.72. The molecule has 0 fully saturated rings. The van der Waals surface area contributed by atoms with E-state index in [1.165, 1.54) is 36.3 Å². The van der Waals surface area contributed by atoms with Crippen LogP contribution in [0.2, 0.25) is 5.02 Å². The zero-order valence-electron chi connectivity index (χ0n) is 17.3. The van der Waals surface area contributed by atoms with Gasteiger partial charge in [-0.3, -0.25) is 10.1 Å². The maximum Gasteiger partial charge on any atom is 0.410 e. The predicted molar refractivity (Wildman–Crippen MR) is 111 cm³/mol. The van der Waals surface area contributed by atoms with Crippen molar-refractivity contribution < 1.29 is 23.6 Å². The van der Waals surface area contributed by atoms with E-state index in [0.29, 0.717) is 12.0 Å². The Bertz CT molecular complexity index is 913. The number of amides is 1. The molecule has 0 aliphatic heterocycles. The van der Waals surface area contributed by atoms with Crippen LogP contribution in [0.25, 0.3) is 0 Å². The first-order valence-corrected chi connectivity index (χ1v) is 9.61. The van der Waals surface area contributed by atoms with Crippen LogP contribution in [-0.4, -0.2) is 35.2 Å². The lowest BCUT2D eigenvalue weighted by molar-refractivity contribution is -0.385. The molecular weight excluding hydrogens is 415 g/mol. The highest BCUT2D eigenvalue weighted by molar-refractivity contribution is 6.31. The van der Waals surface area contributed by atoms with Crippen LogP contribution in [0, 0.1) is 15.9 Å². The third-order valence-corrected chi connectivity index (χ3v) is 4.49. The van der Waals surface area contributed by atoms with Gasteiger partial charge < -0.3 is 14.4 Å². The maximum absolute atomic E-state index is 13.2. The Balaban J connectivity index is 2.24. The van der Waals surface area contributed by atoms with E-state index in [1.54, 1.807) is 32.9 Å². The molecule has 30 heavy (non-hydrogen) atoms. The van der Waals surface area contributed by atoms with E-state index in [9.17, 15) is 19.3 Å². The summed E-state index contributed by atoms with van der Waals surface area (Å²) in [4.78, 5) is 24.7. The molecule has 2 aromatic rings. The van der Waals surface area contributed by atoms with Crippen LogP contribution in [0.1, 0.15) is 31.9 Å². The Kier molecular flexibility index (Phi) is 7.61. The molecule has 1 amide bonds. The summed E-state index contributed by atoms with van der Waals surface area (Å²) in [5, 5.41) is 11.3. The second-order valence-corrected chi connectivity index (χ2v) is 8.06. The van der Waals surface area contributed by atoms with Crippen molar-refractivity contribution in [3.63, 3.8) is 0 Å². The number of rotatable bonds is 7. The third kappa shape index (κ3) is 6.59. The molecule has 0 bridgehead atoms. The summed E-state index contributed by atoms with van der Waals surface area (Å²) in [5.41, 5.74) is 0.398. The average Bonchev–Trinajstić information content (AvgIpc) is 2.65. The highest BCUT2D eigenvalue weighted by atomic mass is 35.5. The zero-order valence-corrected chi connectivity index (χ0v) is 18.0. The highest BCUT2D eigenvalue weighted by Gasteiger charge is 2.24. The first-order valence-electron chi connectivity index (χ1n) is 9.23. The van der Waals surface area contributed by atoms with E-state index in [-0.39, 0.29) is 35.4 Å². The first-order chi connectivity index (χ1) is 14.0. The Morgan fingerprint density at radius 2 is 1.87 bits per heavy atom. The lowest BCUT2D eigenvalue weighted by Crippen LogP contribution is -2.37. The molecule has 0 aliphatic carbocycles. The van der Waals surface area contributed by atoms with Crippen LogP contribution >= 0.6 is 11.6 Å². The second-order valence-electron chi connectivity index (χ2n) is 7.65. The minimum absolute atomic E-state index is 0.0850. The minimum atomic E-state index is -0.688. The van der Waals surface area contributed by atoms with E-state index in [1.807, 2.05) is 0 Å². The summed E-state index contributed by atoms with van der Waals surface area (Å²) >= 11 is 6.21. The number of carbonyl (C=O) groups excluding carboxylic acids is 1. The molecule has 0 aromatic heterocycles. The van der Waals surface area contributed by atoms with E-state index in [2.05, 4.69) is 0 Å². The fraction of sp³-hybridized carbons (Fsp3) is 0.381. The number of methoxy groups -OCH3 is 1. The summed E-state index contributed by atoms with van der Waals surface area (Å²) in [6.07, 6.45) is -0.218. The first kappa shape index (κ1) is 23.4. The smallest absolute Gasteiger partial charge is 0.410 e. The van der Waals surface area contributed by atoms with Crippen molar-refractivity contribution in [1.29, 1.82) is 0 Å². The molecule has 0 heterocycles. The molecule has 2 rings (SSSR count). The van der Waals surface area contributed by atoms with Crippen LogP contribution in [0.15, 0.2) is 36.4 Å². The number of hydrogen-bond donors (Lipinski definition) is 0. The van der Waals surface area contributed by atoms with Crippen molar-refractivity contribution in [2.75, 3.05) is 13.7 Å². The molecule has 0 aliphatic rings. The summed E-state index contributed by atoms with van der Waals surface area (Å²) in [6, 6.07) is 8.55. The van der Waals surface area contributed by atoms with Crippen molar-refractivity contribution in [2.45, 2.75) is 39.3 Å². The third-order valence-electron chi connectivity index (χ3n) is 4.13. The van der Waals surface area contributed by atoms with Crippen LogP contribution < -0.4 is 4.74 Å². The Hall–Kier alpha value is -2.87. The van der Waals surface area contributed by atoms with Crippen LogP contribution in [-0.2, 0) is 17.7 Å². The molecule has 0 spiro atoms. The van der Waals surface area contributed by atoms with Gasteiger partial charge in [-0.05, 0) is 56.5 Å². The fourth-order valence-corrected chi connectivity index (χ4v) is 2.96. The van der Waals surface area contributed by atoms with Gasteiger partial charge in [-0.2, -0.15) is 0 Å². The number of hydrogen-bond acceptors (Lipinski definition) is 5. The number of nitro groups is 1. The normalized spacial score (nSPS) is 11.1. The van der Waals surface area contributed by atoms with Gasteiger partial charge in [0.15, 0.2) is 5.75 Å². The monoisotopic (exact) mass is 438 g/mol. The van der Waals surface area contributed by atoms with Gasteiger partial charge in [0.1, 0.15) is 11.4 Å². The average molecular weight is 439 g/mol. The quantitative estimate of drug-likeness (QED) is 0.428. The van der Waals surface area contributed by atoms with Gasteiger partial charge in [-0.15, -0.1) is 0 Å². The van der Waals surface area contributed by atoms with Gasteiger partial charge in [0.2, 0.25) is 0 Å². The van der Waals surface area contributed by atoms with Gasteiger partial charge in [-0.25, -0.2) is 9.18 Å². The van der Waals surface area contributed by atoms with E-state index < -0.39 is 16.6 Å². The maximum atomic E-state index is 13.2. The molecule has 162 valence electrons. The number of halogens is 2. The second kappa shape index (κ2) is 9.75. The van der Waals surface area contributed by atoms with Crippen LogP contribution in [0.3, 0.4) is 0 Å². The predicted octanol–water partition coefficient (Wildman–Crippen LogP) is 5.38. The van der Waals surface area contributed by atoms with Crippen molar-refractivity contribution in [1.82, 2.24) is 4.90 Å². The van der Waals surface area contributed by atoms with Crippen molar-refractivity contribution >= 4 is 23.4 Å². The van der Waals surface area contributed by atoms with Crippen LogP contribution in [0.4, 0.5) is 14.9 Å². The molecule has 9 heteroatoms. The number of nitro benzene ring substituents is 1. The lowest BCUT2D eigenvalue weighted by atomic mass is 10.1. The lowest BCUT2D eigenvalue weighted by Gasteiger charge is -2.27. The summed E-state index contributed by atoms with van der Waals surface area (Å²) in [7, 11) is 1.33. The fourth-order valence-electron chi connectivity index (χ4n) is 2.71. The van der Waals surface area contributed by atoms with Crippen molar-refractivity contribution in [3.8, 4) is 5.75 Å². The standard InChI is InChI=1S/C21H24ClFN2O5/c1-21(2,3)30-20(26)24(13-14-5-7-16(23)8-6-14)10-9-15-11-19(29-4)18(25(27)28)12-17(15)22/h5-8,11-12H,9-10,13H2,1-4H3. The number of ether oxygens (including phenoxy) is 2. The van der Waals surface area contributed by atoms with Crippen molar-refractivity contribution in [2.24, 2.45) is 0 Å².